The molecule has 0 spiro atoms. The minimum absolute atomic E-state index is 0.0630. The van der Waals surface area contributed by atoms with Gasteiger partial charge in [0.15, 0.2) is 24.2 Å². The van der Waals surface area contributed by atoms with Gasteiger partial charge in [0.25, 0.3) is 0 Å². The first kappa shape index (κ1) is 30.4. The Bertz CT molecular complexity index is 1430. The van der Waals surface area contributed by atoms with Gasteiger partial charge in [0.2, 0.25) is 5.78 Å². The molecule has 1 unspecified atom stereocenters. The smallest absolute Gasteiger partial charge is 0.337 e. The minimum Gasteiger partial charge on any atom is -0.486 e. The summed E-state index contributed by atoms with van der Waals surface area (Å²) in [5, 5.41) is 2.95. The summed E-state index contributed by atoms with van der Waals surface area (Å²) in [6.07, 6.45) is -0.266. The molecule has 42 heavy (non-hydrogen) atoms. The van der Waals surface area contributed by atoms with Crippen LogP contribution >= 0.6 is 0 Å². The van der Waals surface area contributed by atoms with E-state index in [1.54, 1.807) is 33.8 Å². The number of rotatable bonds is 10. The molecule has 11 heteroatoms. The highest BCUT2D eigenvalue weighted by Gasteiger charge is 2.42. The Morgan fingerprint density at radius 2 is 1.50 bits per heavy atom. The van der Waals surface area contributed by atoms with Crippen molar-refractivity contribution >= 4 is 23.7 Å². The fourth-order valence-corrected chi connectivity index (χ4v) is 5.21. The Morgan fingerprint density at radius 1 is 0.905 bits per heavy atom. The van der Waals surface area contributed by atoms with E-state index >= 15 is 0 Å². The first-order chi connectivity index (χ1) is 20.1. The van der Waals surface area contributed by atoms with E-state index in [-0.39, 0.29) is 30.5 Å². The van der Waals surface area contributed by atoms with E-state index in [1.165, 1.54) is 0 Å². The number of benzene rings is 1. The van der Waals surface area contributed by atoms with Gasteiger partial charge in [-0.05, 0) is 59.7 Å². The maximum Gasteiger partial charge on any atom is 0.337 e. The number of aryl methyl sites for hydroxylation is 1. The molecule has 1 N–H and O–H groups in total. The summed E-state index contributed by atoms with van der Waals surface area (Å²) >= 11 is 0. The summed E-state index contributed by atoms with van der Waals surface area (Å²) < 4.78 is 29.6. The number of ether oxygens (including phenoxy) is 5. The number of allylic oxidation sites excluding steroid dienone is 2. The molecule has 0 saturated heterocycles. The second kappa shape index (κ2) is 13.0. The number of carbonyl (C=O) groups excluding carboxylic acids is 4. The molecular formula is C31H36N2O9. The van der Waals surface area contributed by atoms with Crippen LogP contribution in [0, 0.1) is 19.8 Å². The van der Waals surface area contributed by atoms with Crippen molar-refractivity contribution in [3.63, 3.8) is 0 Å². The standard InChI is InChI=1S/C31H36N2O9/c1-7-38-29(35)26-18(4)32-19(5)27(30(36)39-8-2)28(26)31(37)41-16-23(34)22-13-17(3)33(20(22)6)14-21-15-40-24-11-9-10-12-25(24)42-21/h9-13,21,28,32H,7-8,14-16H2,1-6H3. The van der Waals surface area contributed by atoms with E-state index in [0.717, 1.165) is 5.69 Å². The van der Waals surface area contributed by atoms with E-state index in [4.69, 9.17) is 23.7 Å². The molecule has 1 aromatic heterocycles. The zero-order chi connectivity index (χ0) is 30.6. The average Bonchev–Trinajstić information content (AvgIpc) is 3.23. The fourth-order valence-electron chi connectivity index (χ4n) is 5.21. The molecule has 0 radical (unpaired) electrons. The number of nitrogens with one attached hydrogen (secondary N) is 1. The molecule has 1 aromatic carbocycles. The number of hydrogen-bond acceptors (Lipinski definition) is 10. The predicted molar refractivity (Wildman–Crippen MR) is 151 cm³/mol. The Hall–Kier alpha value is -4.54. The van der Waals surface area contributed by atoms with Gasteiger partial charge in [-0.25, -0.2) is 9.59 Å². The van der Waals surface area contributed by atoms with E-state index in [2.05, 4.69) is 5.32 Å². The molecule has 4 rings (SSSR count). The SMILES string of the molecule is CCOC(=O)C1=C(C)NC(C)=C(C(=O)OCC)C1C(=O)OCC(=O)c1cc(C)n(CC2COc3ccccc3O2)c1C. The van der Waals surface area contributed by atoms with Crippen LogP contribution < -0.4 is 14.8 Å². The average molecular weight is 581 g/mol. The monoisotopic (exact) mass is 580 g/mol. The van der Waals surface area contributed by atoms with Crippen LogP contribution in [0.15, 0.2) is 52.9 Å². The van der Waals surface area contributed by atoms with Crippen molar-refractivity contribution in [1.82, 2.24) is 9.88 Å². The van der Waals surface area contributed by atoms with Crippen molar-refractivity contribution in [3.8, 4) is 11.5 Å². The van der Waals surface area contributed by atoms with Gasteiger partial charge in [0, 0.05) is 28.3 Å². The number of dihydropyridines is 1. The minimum atomic E-state index is -1.42. The molecule has 0 saturated carbocycles. The highest BCUT2D eigenvalue weighted by molar-refractivity contribution is 6.06. The Kier molecular flexibility index (Phi) is 9.39. The molecule has 0 amide bonds. The largest absolute Gasteiger partial charge is 0.486 e. The number of hydrogen-bond donors (Lipinski definition) is 1. The first-order valence-corrected chi connectivity index (χ1v) is 13.8. The lowest BCUT2D eigenvalue weighted by Gasteiger charge is -2.28. The van der Waals surface area contributed by atoms with Gasteiger partial charge in [0.05, 0.1) is 30.9 Å². The van der Waals surface area contributed by atoms with Crippen LogP contribution in [-0.4, -0.2) is 60.8 Å². The Balaban J connectivity index is 1.51. The zero-order valence-electron chi connectivity index (χ0n) is 24.7. The summed E-state index contributed by atoms with van der Waals surface area (Å²) in [6.45, 7) is 10.5. The summed E-state index contributed by atoms with van der Waals surface area (Å²) in [5.74, 6) is -2.98. The van der Waals surface area contributed by atoms with Crippen molar-refractivity contribution in [2.75, 3.05) is 26.4 Å². The molecule has 1 atom stereocenters. The maximum atomic E-state index is 13.5. The number of nitrogens with zero attached hydrogens (tertiary/aromatic N) is 1. The molecule has 3 heterocycles. The van der Waals surface area contributed by atoms with E-state index in [0.29, 0.717) is 47.3 Å². The highest BCUT2D eigenvalue weighted by Crippen LogP contribution is 2.33. The predicted octanol–water partition coefficient (Wildman–Crippen LogP) is 3.56. The third kappa shape index (κ3) is 6.19. The third-order valence-corrected chi connectivity index (χ3v) is 7.16. The van der Waals surface area contributed by atoms with Crippen LogP contribution in [0.3, 0.4) is 0 Å². The van der Waals surface area contributed by atoms with Crippen LogP contribution in [0.5, 0.6) is 11.5 Å². The topological polar surface area (TPSA) is 131 Å². The molecule has 0 aliphatic carbocycles. The number of esters is 3. The Morgan fingerprint density at radius 3 is 2.10 bits per heavy atom. The molecule has 0 bridgehead atoms. The normalized spacial score (nSPS) is 16.6. The maximum absolute atomic E-state index is 13.5. The van der Waals surface area contributed by atoms with Gasteiger partial charge in [-0.2, -0.15) is 0 Å². The van der Waals surface area contributed by atoms with Gasteiger partial charge in [-0.3, -0.25) is 9.59 Å². The van der Waals surface area contributed by atoms with Crippen LogP contribution in [0.1, 0.15) is 49.4 Å². The van der Waals surface area contributed by atoms with Crippen LogP contribution in [0.25, 0.3) is 0 Å². The van der Waals surface area contributed by atoms with E-state index in [9.17, 15) is 19.2 Å². The van der Waals surface area contributed by atoms with Crippen molar-refractivity contribution < 1.29 is 42.9 Å². The number of fused-ring (bicyclic) bond motifs is 1. The molecule has 0 fully saturated rings. The zero-order valence-corrected chi connectivity index (χ0v) is 24.7. The quantitative estimate of drug-likeness (QED) is 0.253. The highest BCUT2D eigenvalue weighted by atomic mass is 16.6. The lowest BCUT2D eigenvalue weighted by atomic mass is 9.85. The summed E-state index contributed by atoms with van der Waals surface area (Å²) in [4.78, 5) is 52.4. The van der Waals surface area contributed by atoms with E-state index < -0.39 is 36.2 Å². The molecule has 224 valence electrons. The van der Waals surface area contributed by atoms with Gasteiger partial charge < -0.3 is 33.6 Å². The number of aromatic nitrogens is 1. The van der Waals surface area contributed by atoms with E-state index in [1.807, 2.05) is 42.7 Å². The van der Waals surface area contributed by atoms with Crippen molar-refractivity contribution in [2.45, 2.75) is 54.2 Å². The second-order valence-electron chi connectivity index (χ2n) is 10.0. The lowest BCUT2D eigenvalue weighted by molar-refractivity contribution is -0.151. The lowest BCUT2D eigenvalue weighted by Crippen LogP contribution is -2.38. The van der Waals surface area contributed by atoms with Gasteiger partial charge in [-0.15, -0.1) is 0 Å². The fraction of sp³-hybridized carbons (Fsp3) is 0.419. The first-order valence-electron chi connectivity index (χ1n) is 13.8. The number of ketones is 1. The summed E-state index contributed by atoms with van der Waals surface area (Å²) in [6, 6.07) is 9.17. The van der Waals surface area contributed by atoms with Crippen molar-refractivity contribution in [3.05, 3.63) is 69.8 Å². The number of Topliss-reactive ketones (excluding diaryl/α,β-unsaturated/α-hetero) is 1. The third-order valence-electron chi connectivity index (χ3n) is 7.16. The van der Waals surface area contributed by atoms with Gasteiger partial charge in [-0.1, -0.05) is 12.1 Å². The summed E-state index contributed by atoms with van der Waals surface area (Å²) in [5.41, 5.74) is 2.44. The van der Waals surface area contributed by atoms with Crippen LogP contribution in [0.4, 0.5) is 0 Å². The number of carbonyl (C=O) groups is 4. The van der Waals surface area contributed by atoms with Gasteiger partial charge >= 0.3 is 17.9 Å². The summed E-state index contributed by atoms with van der Waals surface area (Å²) in [7, 11) is 0. The second-order valence-corrected chi connectivity index (χ2v) is 10.0. The molecule has 11 nitrogen and oxygen atoms in total. The van der Waals surface area contributed by atoms with Crippen molar-refractivity contribution in [2.24, 2.45) is 5.92 Å². The number of para-hydroxylation sites is 2. The van der Waals surface area contributed by atoms with Crippen LogP contribution in [0.2, 0.25) is 0 Å². The molecule has 2 aromatic rings. The molecule has 2 aliphatic heterocycles. The Labute approximate surface area is 244 Å². The van der Waals surface area contributed by atoms with Crippen molar-refractivity contribution in [1.29, 1.82) is 0 Å². The van der Waals surface area contributed by atoms with Gasteiger partial charge in [0.1, 0.15) is 12.5 Å². The molecular weight excluding hydrogens is 544 g/mol. The van der Waals surface area contributed by atoms with Crippen LogP contribution in [-0.2, 0) is 35.1 Å². The molecule has 2 aliphatic rings.